The van der Waals surface area contributed by atoms with Crippen molar-refractivity contribution in [2.75, 3.05) is 13.1 Å². The fraction of sp³-hybridized carbons (Fsp3) is 0.636. The van der Waals surface area contributed by atoms with E-state index in [0.29, 0.717) is 42.9 Å². The third-order valence-electron chi connectivity index (χ3n) is 5.42. The maximum Gasteiger partial charge on any atom is 0.410 e. The number of carbonyl (C=O) groups excluding carboxylic acids is 2. The molecule has 2 aromatic heterocycles. The highest BCUT2D eigenvalue weighted by atomic mass is 32.2. The third-order valence-corrected chi connectivity index (χ3v) is 7.68. The molecule has 0 aliphatic carbocycles. The van der Waals surface area contributed by atoms with Crippen LogP contribution in [0.5, 0.6) is 0 Å². The molecule has 0 bridgehead atoms. The van der Waals surface area contributed by atoms with Crippen molar-refractivity contribution in [1.82, 2.24) is 20.2 Å². The first kappa shape index (κ1) is 24.6. The molecule has 1 aliphatic rings. The number of thioether (sulfide) groups is 1. The molecule has 0 aromatic carbocycles. The highest BCUT2D eigenvalue weighted by molar-refractivity contribution is 7.99. The predicted octanol–water partition coefficient (Wildman–Crippen LogP) is 3.74. The number of rotatable bonds is 5. The SMILES string of the molecule is Cc1sc2nc(CSC(C)C(=O)NC3CCN(C(=O)OC(C)(C)C)CC3)[nH]c(=O)c2c1C. The van der Waals surface area contributed by atoms with Crippen molar-refractivity contribution in [2.45, 2.75) is 77.0 Å². The Morgan fingerprint density at radius 3 is 2.59 bits per heavy atom. The van der Waals surface area contributed by atoms with Crippen LogP contribution < -0.4 is 10.9 Å². The molecule has 176 valence electrons. The Bertz CT molecular complexity index is 1050. The largest absolute Gasteiger partial charge is 0.444 e. The van der Waals surface area contributed by atoms with Gasteiger partial charge in [0.05, 0.1) is 16.4 Å². The van der Waals surface area contributed by atoms with Gasteiger partial charge in [-0.1, -0.05) is 0 Å². The number of hydrogen-bond acceptors (Lipinski definition) is 7. The first-order chi connectivity index (χ1) is 14.9. The summed E-state index contributed by atoms with van der Waals surface area (Å²) in [5.41, 5.74) is 0.337. The molecule has 2 N–H and O–H groups in total. The van der Waals surface area contributed by atoms with Crippen molar-refractivity contribution < 1.29 is 14.3 Å². The maximum atomic E-state index is 12.6. The van der Waals surface area contributed by atoms with Gasteiger partial charge < -0.3 is 19.9 Å². The van der Waals surface area contributed by atoms with Crippen LogP contribution in [-0.4, -0.2) is 56.9 Å². The number of likely N-dealkylation sites (tertiary alicyclic amines) is 1. The average Bonchev–Trinajstić information content (AvgIpc) is 2.99. The van der Waals surface area contributed by atoms with E-state index in [1.165, 1.54) is 23.1 Å². The average molecular weight is 481 g/mol. The van der Waals surface area contributed by atoms with Crippen LogP contribution in [0.15, 0.2) is 4.79 Å². The Morgan fingerprint density at radius 2 is 1.97 bits per heavy atom. The van der Waals surface area contributed by atoms with Crippen molar-refractivity contribution in [3.63, 3.8) is 0 Å². The summed E-state index contributed by atoms with van der Waals surface area (Å²) in [7, 11) is 0. The zero-order valence-electron chi connectivity index (χ0n) is 19.5. The highest BCUT2D eigenvalue weighted by Gasteiger charge is 2.28. The van der Waals surface area contributed by atoms with Gasteiger partial charge in [-0.05, 0) is 59.9 Å². The minimum Gasteiger partial charge on any atom is -0.444 e. The molecule has 8 nitrogen and oxygen atoms in total. The Balaban J connectivity index is 1.48. The maximum absolute atomic E-state index is 12.6. The smallest absolute Gasteiger partial charge is 0.410 e. The van der Waals surface area contributed by atoms with Gasteiger partial charge in [-0.25, -0.2) is 9.78 Å². The quantitative estimate of drug-likeness (QED) is 0.676. The first-order valence-electron chi connectivity index (χ1n) is 10.8. The molecule has 1 aliphatic heterocycles. The van der Waals surface area contributed by atoms with E-state index >= 15 is 0 Å². The Kier molecular flexibility index (Phi) is 7.54. The number of amides is 2. The van der Waals surface area contributed by atoms with E-state index in [1.807, 2.05) is 41.5 Å². The van der Waals surface area contributed by atoms with E-state index in [1.54, 1.807) is 4.90 Å². The van der Waals surface area contributed by atoms with Crippen LogP contribution in [0.25, 0.3) is 10.2 Å². The number of nitrogens with zero attached hydrogens (tertiary/aromatic N) is 2. The van der Waals surface area contributed by atoms with Crippen LogP contribution in [0.3, 0.4) is 0 Å². The lowest BCUT2D eigenvalue weighted by molar-refractivity contribution is -0.121. The Hall–Kier alpha value is -2.07. The number of thiophene rings is 1. The number of aromatic amines is 1. The van der Waals surface area contributed by atoms with Crippen molar-refractivity contribution in [2.24, 2.45) is 0 Å². The Morgan fingerprint density at radius 1 is 1.31 bits per heavy atom. The number of hydrogen-bond donors (Lipinski definition) is 2. The number of aromatic nitrogens is 2. The third kappa shape index (κ3) is 6.04. The van der Waals surface area contributed by atoms with Gasteiger partial charge in [0.25, 0.3) is 5.56 Å². The van der Waals surface area contributed by atoms with E-state index in [0.717, 1.165) is 15.3 Å². The number of aryl methyl sites for hydroxylation is 2. The van der Waals surface area contributed by atoms with E-state index in [-0.39, 0.29) is 28.9 Å². The van der Waals surface area contributed by atoms with Crippen LogP contribution >= 0.6 is 23.1 Å². The van der Waals surface area contributed by atoms with Crippen molar-refractivity contribution in [3.8, 4) is 0 Å². The first-order valence-corrected chi connectivity index (χ1v) is 12.7. The molecule has 2 aromatic rings. The summed E-state index contributed by atoms with van der Waals surface area (Å²) < 4.78 is 5.41. The zero-order chi connectivity index (χ0) is 23.6. The van der Waals surface area contributed by atoms with Gasteiger partial charge in [0.2, 0.25) is 5.91 Å². The van der Waals surface area contributed by atoms with Crippen molar-refractivity contribution in [1.29, 1.82) is 0 Å². The summed E-state index contributed by atoms with van der Waals surface area (Å²) in [6, 6.07) is 0.0376. The minimum absolute atomic E-state index is 0.0376. The van der Waals surface area contributed by atoms with Gasteiger partial charge in [-0.3, -0.25) is 9.59 Å². The molecule has 0 radical (unpaired) electrons. The predicted molar refractivity (Wildman–Crippen MR) is 129 cm³/mol. The molecule has 3 heterocycles. The number of nitrogens with one attached hydrogen (secondary N) is 2. The standard InChI is InChI=1S/C22H32N4O4S2/c1-12-13(2)32-20-17(12)19(28)24-16(25-20)11-31-14(3)18(27)23-15-7-9-26(10-8-15)21(29)30-22(4,5)6/h14-15H,7-11H2,1-6H3,(H,23,27)(H,24,25,28). The minimum atomic E-state index is -0.514. The highest BCUT2D eigenvalue weighted by Crippen LogP contribution is 2.26. The lowest BCUT2D eigenvalue weighted by Gasteiger charge is -2.34. The number of H-pyrrole nitrogens is 1. The second-order valence-corrected chi connectivity index (χ2v) is 11.7. The topological polar surface area (TPSA) is 104 Å². The summed E-state index contributed by atoms with van der Waals surface area (Å²) >= 11 is 2.96. The van der Waals surface area contributed by atoms with Crippen molar-refractivity contribution in [3.05, 3.63) is 26.6 Å². The molecule has 32 heavy (non-hydrogen) atoms. The molecule has 2 amide bonds. The van der Waals surface area contributed by atoms with E-state index in [9.17, 15) is 14.4 Å². The fourth-order valence-corrected chi connectivity index (χ4v) is 5.31. The molecular formula is C22H32N4O4S2. The fourth-order valence-electron chi connectivity index (χ4n) is 3.50. The number of carbonyl (C=O) groups is 2. The van der Waals surface area contributed by atoms with E-state index in [2.05, 4.69) is 15.3 Å². The molecule has 1 atom stereocenters. The van der Waals surface area contributed by atoms with Crippen LogP contribution in [0, 0.1) is 13.8 Å². The molecular weight excluding hydrogens is 448 g/mol. The second-order valence-electron chi connectivity index (χ2n) is 9.18. The lowest BCUT2D eigenvalue weighted by atomic mass is 10.1. The van der Waals surface area contributed by atoms with E-state index < -0.39 is 5.60 Å². The summed E-state index contributed by atoms with van der Waals surface area (Å²) in [5, 5.41) is 3.46. The molecule has 0 saturated carbocycles. The molecule has 3 rings (SSSR count). The molecule has 1 fully saturated rings. The summed E-state index contributed by atoms with van der Waals surface area (Å²) in [6.45, 7) is 12.4. The van der Waals surface area contributed by atoms with Crippen LogP contribution in [0.1, 0.15) is 56.8 Å². The van der Waals surface area contributed by atoms with Crippen LogP contribution in [-0.2, 0) is 15.3 Å². The Labute approximate surface area is 196 Å². The van der Waals surface area contributed by atoms with Gasteiger partial charge in [0, 0.05) is 24.0 Å². The van der Waals surface area contributed by atoms with Gasteiger partial charge >= 0.3 is 6.09 Å². The van der Waals surface area contributed by atoms with Crippen LogP contribution in [0.4, 0.5) is 4.79 Å². The van der Waals surface area contributed by atoms with Gasteiger partial charge in [-0.2, -0.15) is 0 Å². The molecule has 10 heteroatoms. The summed E-state index contributed by atoms with van der Waals surface area (Å²) in [6.07, 6.45) is 1.09. The van der Waals surface area contributed by atoms with Gasteiger partial charge in [0.15, 0.2) is 0 Å². The lowest BCUT2D eigenvalue weighted by Crippen LogP contribution is -2.49. The number of ether oxygens (including phenoxy) is 1. The molecule has 1 saturated heterocycles. The van der Waals surface area contributed by atoms with Gasteiger partial charge in [-0.15, -0.1) is 23.1 Å². The monoisotopic (exact) mass is 480 g/mol. The zero-order valence-corrected chi connectivity index (χ0v) is 21.2. The molecule has 1 unspecified atom stereocenters. The summed E-state index contributed by atoms with van der Waals surface area (Å²) in [5.74, 6) is 0.989. The van der Waals surface area contributed by atoms with E-state index in [4.69, 9.17) is 4.74 Å². The molecule has 0 spiro atoms. The normalized spacial score (nSPS) is 16.2. The van der Waals surface area contributed by atoms with Crippen LogP contribution in [0.2, 0.25) is 0 Å². The summed E-state index contributed by atoms with van der Waals surface area (Å²) in [4.78, 5) is 48.2. The number of fused-ring (bicyclic) bond motifs is 1. The second kappa shape index (κ2) is 9.82. The number of piperidine rings is 1. The van der Waals surface area contributed by atoms with Gasteiger partial charge in [0.1, 0.15) is 16.3 Å². The van der Waals surface area contributed by atoms with Crippen molar-refractivity contribution >= 4 is 45.3 Å².